The van der Waals surface area contributed by atoms with Crippen LogP contribution in [-0.2, 0) is 21.9 Å². The zero-order chi connectivity index (χ0) is 21.6. The molecule has 0 saturated heterocycles. The van der Waals surface area contributed by atoms with Gasteiger partial charge >= 0.3 is 0 Å². The molecule has 2 aromatic rings. The Kier molecular flexibility index (Phi) is 9.44. The van der Waals surface area contributed by atoms with Crippen molar-refractivity contribution >= 4 is 70.0 Å². The predicted molar refractivity (Wildman–Crippen MR) is 123 cm³/mol. The lowest BCUT2D eigenvalue weighted by atomic mass is 10.1. The van der Waals surface area contributed by atoms with Gasteiger partial charge in [0.25, 0.3) is 0 Å². The van der Waals surface area contributed by atoms with Gasteiger partial charge in [0, 0.05) is 45.0 Å². The minimum Gasteiger partial charge on any atom is -0.357 e. The van der Waals surface area contributed by atoms with Crippen molar-refractivity contribution in [3.63, 3.8) is 0 Å². The summed E-state index contributed by atoms with van der Waals surface area (Å²) in [6.45, 7) is 1.79. The van der Waals surface area contributed by atoms with Crippen molar-refractivity contribution < 1.29 is 9.59 Å². The molecule has 2 amide bonds. The van der Waals surface area contributed by atoms with Gasteiger partial charge < -0.3 is 10.2 Å². The Balaban J connectivity index is 2.15. The topological polar surface area (TPSA) is 49.4 Å². The molecule has 0 aliphatic rings. The number of rotatable bonds is 8. The Morgan fingerprint density at radius 1 is 0.966 bits per heavy atom. The number of likely N-dealkylation sites (N-methyl/N-ethyl adjacent to an activating group) is 1. The van der Waals surface area contributed by atoms with Crippen molar-refractivity contribution in [2.45, 2.75) is 25.3 Å². The molecule has 0 spiro atoms. The Bertz CT molecular complexity index is 854. The van der Waals surface area contributed by atoms with Gasteiger partial charge in [0.15, 0.2) is 0 Å². The second-order valence-electron chi connectivity index (χ2n) is 6.21. The third kappa shape index (κ3) is 6.43. The number of carbonyl (C=O) groups is 2. The van der Waals surface area contributed by atoms with Crippen LogP contribution in [0.5, 0.6) is 0 Å². The summed E-state index contributed by atoms with van der Waals surface area (Å²) < 4.78 is 0. The summed E-state index contributed by atoms with van der Waals surface area (Å²) in [5, 5.41) is 4.55. The number of hydrogen-bond donors (Lipinski definition) is 1. The summed E-state index contributed by atoms with van der Waals surface area (Å²) in [5.41, 5.74) is 1.37. The van der Waals surface area contributed by atoms with E-state index in [0.717, 1.165) is 5.56 Å². The Labute approximate surface area is 194 Å². The molecule has 156 valence electrons. The zero-order valence-electron chi connectivity index (χ0n) is 15.8. The second-order valence-corrected chi connectivity index (χ2v) is 8.82. The maximum Gasteiger partial charge on any atom is 0.242 e. The predicted octanol–water partition coefficient (Wildman–Crippen LogP) is 5.70. The van der Waals surface area contributed by atoms with Crippen molar-refractivity contribution in [3.8, 4) is 0 Å². The summed E-state index contributed by atoms with van der Waals surface area (Å²) in [6, 6.07) is 9.71. The van der Waals surface area contributed by atoms with Gasteiger partial charge in [-0.2, -0.15) is 0 Å². The Morgan fingerprint density at radius 2 is 1.45 bits per heavy atom. The molecule has 0 radical (unpaired) electrons. The Hall–Kier alpha value is -1.11. The number of halogens is 4. The summed E-state index contributed by atoms with van der Waals surface area (Å²) in [5.74, 6) is 0.121. The summed E-state index contributed by atoms with van der Waals surface area (Å²) in [6.07, 6.45) is 0. The first kappa shape index (κ1) is 24.2. The SMILES string of the molecule is CNC(=O)[C@H](C)N(Cc1c(Cl)cccc1Cl)C(=O)CSCc1c(Cl)cccc1Cl. The average molecular weight is 494 g/mol. The van der Waals surface area contributed by atoms with E-state index in [1.165, 1.54) is 23.7 Å². The largest absolute Gasteiger partial charge is 0.357 e. The number of nitrogens with zero attached hydrogens (tertiary/aromatic N) is 1. The molecule has 0 heterocycles. The van der Waals surface area contributed by atoms with Crippen LogP contribution in [0.4, 0.5) is 0 Å². The molecule has 0 bridgehead atoms. The normalized spacial score (nSPS) is 11.8. The van der Waals surface area contributed by atoms with Crippen molar-refractivity contribution in [2.75, 3.05) is 12.8 Å². The molecule has 0 unspecified atom stereocenters. The van der Waals surface area contributed by atoms with E-state index in [9.17, 15) is 9.59 Å². The van der Waals surface area contributed by atoms with E-state index in [1.807, 2.05) is 0 Å². The quantitative estimate of drug-likeness (QED) is 0.513. The fourth-order valence-corrected chi connectivity index (χ4v) is 4.80. The van der Waals surface area contributed by atoms with Gasteiger partial charge in [-0.1, -0.05) is 58.5 Å². The van der Waals surface area contributed by atoms with Crippen LogP contribution in [-0.4, -0.2) is 35.6 Å². The van der Waals surface area contributed by atoms with Crippen LogP contribution < -0.4 is 5.32 Å². The lowest BCUT2D eigenvalue weighted by Crippen LogP contribution is -2.47. The molecule has 2 rings (SSSR count). The van der Waals surface area contributed by atoms with Crippen LogP contribution in [0.25, 0.3) is 0 Å². The lowest BCUT2D eigenvalue weighted by molar-refractivity contribution is -0.138. The molecule has 29 heavy (non-hydrogen) atoms. The molecule has 0 fully saturated rings. The fraction of sp³-hybridized carbons (Fsp3) is 0.300. The highest BCUT2D eigenvalue weighted by molar-refractivity contribution is 7.99. The third-order valence-electron chi connectivity index (χ3n) is 4.34. The number of thioether (sulfide) groups is 1. The number of hydrogen-bond acceptors (Lipinski definition) is 3. The van der Waals surface area contributed by atoms with E-state index >= 15 is 0 Å². The summed E-state index contributed by atoms with van der Waals surface area (Å²) in [7, 11) is 1.53. The van der Waals surface area contributed by atoms with Gasteiger partial charge in [0.1, 0.15) is 6.04 Å². The van der Waals surface area contributed by atoms with Gasteiger partial charge in [-0.05, 0) is 36.8 Å². The van der Waals surface area contributed by atoms with Gasteiger partial charge in [-0.15, -0.1) is 11.8 Å². The molecule has 1 N–H and O–H groups in total. The number of carbonyl (C=O) groups excluding carboxylic acids is 2. The lowest BCUT2D eigenvalue weighted by Gasteiger charge is -2.29. The second kappa shape index (κ2) is 11.3. The van der Waals surface area contributed by atoms with Crippen molar-refractivity contribution in [3.05, 3.63) is 67.6 Å². The Morgan fingerprint density at radius 3 is 1.93 bits per heavy atom. The van der Waals surface area contributed by atoms with E-state index in [1.54, 1.807) is 43.3 Å². The maximum atomic E-state index is 13.0. The maximum absolute atomic E-state index is 13.0. The first-order valence-corrected chi connectivity index (χ1v) is 11.4. The fourth-order valence-electron chi connectivity index (χ4n) is 2.64. The van der Waals surface area contributed by atoms with Crippen LogP contribution in [0.15, 0.2) is 36.4 Å². The highest BCUT2D eigenvalue weighted by Gasteiger charge is 2.26. The molecular weight excluding hydrogens is 474 g/mol. The van der Waals surface area contributed by atoms with E-state index in [-0.39, 0.29) is 24.1 Å². The monoisotopic (exact) mass is 492 g/mol. The molecular formula is C20H20Cl4N2O2S. The minimum atomic E-state index is -0.690. The van der Waals surface area contributed by atoms with Crippen molar-refractivity contribution in [1.29, 1.82) is 0 Å². The molecule has 9 heteroatoms. The third-order valence-corrected chi connectivity index (χ3v) is 6.70. The van der Waals surface area contributed by atoms with Crippen LogP contribution in [0.3, 0.4) is 0 Å². The van der Waals surface area contributed by atoms with E-state index in [2.05, 4.69) is 5.32 Å². The van der Waals surface area contributed by atoms with Crippen LogP contribution >= 0.6 is 58.2 Å². The first-order valence-electron chi connectivity index (χ1n) is 8.70. The molecule has 0 saturated carbocycles. The average Bonchev–Trinajstić information content (AvgIpc) is 2.68. The molecule has 2 aromatic carbocycles. The van der Waals surface area contributed by atoms with Crippen LogP contribution in [0.2, 0.25) is 20.1 Å². The minimum absolute atomic E-state index is 0.124. The number of amides is 2. The van der Waals surface area contributed by atoms with Gasteiger partial charge in [-0.3, -0.25) is 9.59 Å². The summed E-state index contributed by atoms with van der Waals surface area (Å²) in [4.78, 5) is 26.6. The molecule has 0 aliphatic heterocycles. The van der Waals surface area contributed by atoms with Gasteiger partial charge in [0.2, 0.25) is 11.8 Å². The van der Waals surface area contributed by atoms with E-state index in [4.69, 9.17) is 46.4 Å². The molecule has 0 aromatic heterocycles. The van der Waals surface area contributed by atoms with Crippen molar-refractivity contribution in [1.82, 2.24) is 10.2 Å². The smallest absolute Gasteiger partial charge is 0.242 e. The zero-order valence-corrected chi connectivity index (χ0v) is 19.7. The standard InChI is InChI=1S/C20H20Cl4N2O2S/c1-12(20(28)25-2)26(9-13-15(21)5-3-6-16(13)22)19(27)11-29-10-14-17(23)7-4-8-18(14)24/h3-8,12H,9-11H2,1-2H3,(H,25,28)/t12-/m0/s1. The molecule has 0 aliphatic carbocycles. The van der Waals surface area contributed by atoms with Crippen LogP contribution in [0, 0.1) is 0 Å². The number of benzene rings is 2. The van der Waals surface area contributed by atoms with Gasteiger partial charge in [-0.25, -0.2) is 0 Å². The number of nitrogens with one attached hydrogen (secondary N) is 1. The highest BCUT2D eigenvalue weighted by atomic mass is 35.5. The highest BCUT2D eigenvalue weighted by Crippen LogP contribution is 2.29. The first-order chi connectivity index (χ1) is 13.8. The van der Waals surface area contributed by atoms with E-state index in [0.29, 0.717) is 31.4 Å². The van der Waals surface area contributed by atoms with Gasteiger partial charge in [0.05, 0.1) is 5.75 Å². The molecule has 4 nitrogen and oxygen atoms in total. The van der Waals surface area contributed by atoms with E-state index < -0.39 is 6.04 Å². The summed E-state index contributed by atoms with van der Waals surface area (Å²) >= 11 is 26.3. The van der Waals surface area contributed by atoms with Crippen molar-refractivity contribution in [2.24, 2.45) is 0 Å². The molecule has 1 atom stereocenters. The van der Waals surface area contributed by atoms with Crippen LogP contribution in [0.1, 0.15) is 18.1 Å².